The highest BCUT2D eigenvalue weighted by Crippen LogP contribution is 2.60. The molecule has 26 heteroatoms. The number of anilines is 2. The molecule has 61 heavy (non-hydrogen) atoms. The van der Waals surface area contributed by atoms with Gasteiger partial charge >= 0.3 is 20.0 Å². The van der Waals surface area contributed by atoms with E-state index in [1.165, 1.54) is 46.3 Å². The Bertz CT molecular complexity index is 2540. The zero-order valence-electron chi connectivity index (χ0n) is 31.8. The predicted molar refractivity (Wildman–Crippen MR) is 209 cm³/mol. The third-order valence-electron chi connectivity index (χ3n) is 9.02. The number of hydrogen-bond acceptors (Lipinski definition) is 17. The van der Waals surface area contributed by atoms with Crippen molar-refractivity contribution in [2.75, 3.05) is 36.1 Å². The van der Waals surface area contributed by atoms with E-state index in [1.807, 2.05) is 0 Å². The lowest BCUT2D eigenvalue weighted by atomic mass is 10.1. The summed E-state index contributed by atoms with van der Waals surface area (Å²) in [5.41, 5.74) is 2.50. The third-order valence-corrected chi connectivity index (χ3v) is 11.9. The highest BCUT2D eigenvalue weighted by atomic mass is 31.3. The molecule has 0 aliphatic carbocycles. The lowest BCUT2D eigenvalue weighted by molar-refractivity contribution is 0.0811. The molecule has 316 valence electrons. The summed E-state index contributed by atoms with van der Waals surface area (Å²) in [6.45, 7) is -1.53. The number of phosphoric acid groups is 1. The summed E-state index contributed by atoms with van der Waals surface area (Å²) in [5, 5.41) is 23.5. The number of pyridine rings is 2. The topological polar surface area (TPSA) is 257 Å². The highest BCUT2D eigenvalue weighted by molar-refractivity contribution is 7.67. The van der Waals surface area contributed by atoms with Crippen LogP contribution in [0.4, 0.5) is 29.7 Å². The van der Waals surface area contributed by atoms with Gasteiger partial charge in [0.1, 0.15) is 35.2 Å². The molecule has 2 N–H and O–H groups in total. The number of carbonyl (C=O) groups excluding carboxylic acids is 2. The van der Waals surface area contributed by atoms with Crippen LogP contribution in [0, 0.1) is 11.6 Å². The average molecular weight is 881 g/mol. The van der Waals surface area contributed by atoms with E-state index in [0.717, 1.165) is 21.9 Å². The molecule has 2 unspecified atom stereocenters. The van der Waals surface area contributed by atoms with Crippen LogP contribution in [0.1, 0.15) is 0 Å². The van der Waals surface area contributed by atoms with Crippen LogP contribution < -0.4 is 9.80 Å². The first-order chi connectivity index (χ1) is 29.1. The summed E-state index contributed by atoms with van der Waals surface area (Å²) in [4.78, 5) is 59.7. The van der Waals surface area contributed by atoms with E-state index in [0.29, 0.717) is 34.2 Å². The maximum Gasteiger partial charge on any atom is 0.479 e. The van der Waals surface area contributed by atoms with Gasteiger partial charge in [-0.2, -0.15) is 9.59 Å². The van der Waals surface area contributed by atoms with Crippen LogP contribution in [0.15, 0.2) is 73.1 Å². The molecule has 8 rings (SSSR count). The number of hydrogen-bond donors (Lipinski definition) is 2. The first-order valence-corrected chi connectivity index (χ1v) is 21.1. The average Bonchev–Trinajstić information content (AvgIpc) is 4.03. The van der Waals surface area contributed by atoms with Crippen LogP contribution in [0.3, 0.4) is 0 Å². The van der Waals surface area contributed by atoms with Crippen molar-refractivity contribution in [3.63, 3.8) is 0 Å². The van der Waals surface area contributed by atoms with Gasteiger partial charge in [-0.05, 0) is 65.3 Å². The minimum absolute atomic E-state index is 0.141. The number of phosphoric ester groups is 1. The second-order valence-electron chi connectivity index (χ2n) is 13.4. The summed E-state index contributed by atoms with van der Waals surface area (Å²) in [5.74, 6) is -0.713. The zero-order valence-corrected chi connectivity index (χ0v) is 33.6. The van der Waals surface area contributed by atoms with Crippen LogP contribution in [-0.4, -0.2) is 117 Å². The summed E-state index contributed by atoms with van der Waals surface area (Å²) in [7, 11) is -6.20. The normalized spacial score (nSPS) is 18.5. The Morgan fingerprint density at radius 3 is 1.59 bits per heavy atom. The molecule has 2 saturated heterocycles. The molecule has 2 amide bonds. The monoisotopic (exact) mass is 880 g/mol. The fourth-order valence-electron chi connectivity index (χ4n) is 6.18. The SMILES string of the molecule is C=P(O)(OC[C@H]1CN(c2ccc(-c3ccc(-c4nnn(C)n4)nc3)c(F)c2)C(=O)O1)OP(=O)(O)OC[C@H]1CN(c2ccc(-c3ccc(-c4nnn(C)n4)nc3)c(F)c2)C(=O)O1. The van der Waals surface area contributed by atoms with Crippen LogP contribution in [0.5, 0.6) is 0 Å². The van der Waals surface area contributed by atoms with E-state index >= 15 is 8.78 Å². The largest absolute Gasteiger partial charge is 0.479 e. The molecule has 0 spiro atoms. The number of amides is 2. The number of halogens is 2. The first kappa shape index (κ1) is 41.3. The second kappa shape index (κ2) is 16.6. The molecule has 22 nitrogen and oxygen atoms in total. The molecule has 4 atom stereocenters. The standard InChI is InChI=1S/C35H32F2N12O10P2/c1-46-42-32(40-44-46)30-10-4-20(14-38-30)26-8-6-22(12-28(26)36)48-16-24(57-34(48)50)18-55-60(3,52)59-61(53,54)56-19-25-17-49(35(51)58-25)23-7-9-27(29(37)13-23)21-5-11-31(39-15-21)33-41-45-47(2)43-33/h4-15,24-25,52H,3,16-19H2,1-2H3,(H,53,54)/t24-,25-,60?/m1/s1. The van der Waals surface area contributed by atoms with E-state index in [4.69, 9.17) is 22.8 Å². The number of aryl methyl sites for hydroxylation is 2. The molecule has 6 aromatic rings. The number of carbonyl (C=O) groups is 2. The van der Waals surface area contributed by atoms with Gasteiger partial charge in [0, 0.05) is 34.6 Å². The molecule has 2 aliphatic rings. The van der Waals surface area contributed by atoms with Gasteiger partial charge in [0.15, 0.2) is 0 Å². The first-order valence-electron chi connectivity index (χ1n) is 17.9. The molecular formula is C35H32F2N12O10P2. The summed E-state index contributed by atoms with van der Waals surface area (Å²) in [6.07, 6.45) is 2.39. The van der Waals surface area contributed by atoms with Gasteiger partial charge in [0.05, 0.1) is 51.8 Å². The predicted octanol–water partition coefficient (Wildman–Crippen LogP) is 4.16. The van der Waals surface area contributed by atoms with Crippen molar-refractivity contribution >= 4 is 45.3 Å². The van der Waals surface area contributed by atoms with Gasteiger partial charge in [0.2, 0.25) is 11.6 Å². The van der Waals surface area contributed by atoms with Gasteiger partial charge < -0.3 is 23.8 Å². The van der Waals surface area contributed by atoms with Crippen molar-refractivity contribution in [3.05, 3.63) is 84.7 Å². The molecular weight excluding hydrogens is 848 g/mol. The van der Waals surface area contributed by atoms with E-state index in [-0.39, 0.29) is 35.6 Å². The lowest BCUT2D eigenvalue weighted by Crippen LogP contribution is -2.26. The van der Waals surface area contributed by atoms with E-state index < -0.39 is 64.6 Å². The van der Waals surface area contributed by atoms with Gasteiger partial charge in [-0.25, -0.2) is 27.2 Å². The number of ether oxygens (including phenoxy) is 2. The third kappa shape index (κ3) is 9.35. The van der Waals surface area contributed by atoms with Crippen molar-refractivity contribution in [1.82, 2.24) is 50.4 Å². The zero-order chi connectivity index (χ0) is 43.1. The number of nitrogens with zero attached hydrogens (tertiary/aromatic N) is 12. The lowest BCUT2D eigenvalue weighted by Gasteiger charge is -2.22. The quantitative estimate of drug-likeness (QED) is 0.146. The van der Waals surface area contributed by atoms with Gasteiger partial charge in [-0.15, -0.1) is 20.4 Å². The number of rotatable bonds is 14. The minimum atomic E-state index is -5.09. The van der Waals surface area contributed by atoms with Gasteiger partial charge in [-0.1, -0.05) is 12.1 Å². The summed E-state index contributed by atoms with van der Waals surface area (Å²) >= 11 is 0. The van der Waals surface area contributed by atoms with Gasteiger partial charge in [0.25, 0.3) is 7.57 Å². The Morgan fingerprint density at radius 2 is 1.20 bits per heavy atom. The van der Waals surface area contributed by atoms with Crippen LogP contribution >= 0.6 is 15.4 Å². The number of cyclic esters (lactones) is 2. The minimum Gasteiger partial charge on any atom is -0.441 e. The second-order valence-corrected chi connectivity index (χ2v) is 16.8. The Hall–Kier alpha value is -6.39. The fraction of sp³-hybridized carbons (Fsp3) is 0.229. The summed E-state index contributed by atoms with van der Waals surface area (Å²) < 4.78 is 68.9. The van der Waals surface area contributed by atoms with Crippen LogP contribution in [-0.2, 0) is 41.5 Å². The smallest absolute Gasteiger partial charge is 0.441 e. The molecule has 6 heterocycles. The Labute approximate surface area is 343 Å². The molecule has 2 aliphatic heterocycles. The maximum absolute atomic E-state index is 15.3. The number of tetrazole rings is 2. The van der Waals surface area contributed by atoms with Crippen molar-refractivity contribution in [2.45, 2.75) is 12.2 Å². The Kier molecular flexibility index (Phi) is 11.2. The Morgan fingerprint density at radius 1 is 0.738 bits per heavy atom. The van der Waals surface area contributed by atoms with E-state index in [1.54, 1.807) is 38.4 Å². The molecule has 4 aromatic heterocycles. The van der Waals surface area contributed by atoms with Crippen LogP contribution in [0.2, 0.25) is 0 Å². The fourth-order valence-corrected chi connectivity index (χ4v) is 8.60. The molecule has 2 aromatic carbocycles. The van der Waals surface area contributed by atoms with E-state index in [2.05, 4.69) is 47.1 Å². The van der Waals surface area contributed by atoms with Crippen molar-refractivity contribution in [2.24, 2.45) is 14.1 Å². The van der Waals surface area contributed by atoms with Crippen molar-refractivity contribution in [3.8, 4) is 45.3 Å². The van der Waals surface area contributed by atoms with Crippen molar-refractivity contribution in [1.29, 1.82) is 0 Å². The Balaban J connectivity index is 0.808. The van der Waals surface area contributed by atoms with Crippen molar-refractivity contribution < 1.29 is 55.6 Å². The number of benzene rings is 2. The van der Waals surface area contributed by atoms with Crippen LogP contribution in [0.25, 0.3) is 45.3 Å². The molecule has 0 saturated carbocycles. The molecule has 0 radical (unpaired) electrons. The van der Waals surface area contributed by atoms with E-state index in [9.17, 15) is 23.9 Å². The maximum atomic E-state index is 15.3. The number of aromatic nitrogens is 10. The van der Waals surface area contributed by atoms with Gasteiger partial charge in [-0.3, -0.25) is 24.3 Å². The molecule has 2 fully saturated rings. The highest BCUT2D eigenvalue weighted by Gasteiger charge is 2.38. The molecule has 0 bridgehead atoms. The summed E-state index contributed by atoms with van der Waals surface area (Å²) in [6, 6.07) is 14.7.